The third kappa shape index (κ3) is 3.13. The van der Waals surface area contributed by atoms with E-state index < -0.39 is 11.2 Å². The van der Waals surface area contributed by atoms with E-state index in [9.17, 15) is 9.59 Å². The van der Waals surface area contributed by atoms with Crippen LogP contribution in [-0.4, -0.2) is 26.3 Å². The molecule has 1 heterocycles. The van der Waals surface area contributed by atoms with E-state index in [2.05, 4.69) is 9.97 Å². The first-order valence-corrected chi connectivity index (χ1v) is 6.86. The summed E-state index contributed by atoms with van der Waals surface area (Å²) >= 11 is 1.15. The molecule has 1 aliphatic rings. The number of hydrogen-bond acceptors (Lipinski definition) is 4. The summed E-state index contributed by atoms with van der Waals surface area (Å²) < 4.78 is 0. The summed E-state index contributed by atoms with van der Waals surface area (Å²) in [6.07, 6.45) is 2.09. The third-order valence-corrected chi connectivity index (χ3v) is 4.25. The summed E-state index contributed by atoms with van der Waals surface area (Å²) in [7, 11) is 0. The first kappa shape index (κ1) is 13.1. The van der Waals surface area contributed by atoms with Crippen LogP contribution in [0, 0.1) is 5.92 Å². The molecule has 6 heteroatoms. The molecular weight excluding hydrogens is 252 g/mol. The van der Waals surface area contributed by atoms with Gasteiger partial charge in [-0.1, -0.05) is 25.6 Å². The van der Waals surface area contributed by atoms with Crippen LogP contribution in [0.2, 0.25) is 0 Å². The molecule has 0 spiro atoms. The fourth-order valence-electron chi connectivity index (χ4n) is 1.67. The first-order valence-electron chi connectivity index (χ1n) is 5.98. The van der Waals surface area contributed by atoms with Crippen LogP contribution in [0.15, 0.2) is 15.9 Å². The van der Waals surface area contributed by atoms with Crippen LogP contribution in [0.1, 0.15) is 38.4 Å². The number of nitrogens with one attached hydrogen (secondary N) is 1. The summed E-state index contributed by atoms with van der Waals surface area (Å²) in [4.78, 5) is 29.7. The van der Waals surface area contributed by atoms with Crippen LogP contribution in [0.3, 0.4) is 0 Å². The number of carboxylic acid groups (broad SMARTS) is 1. The maximum atomic E-state index is 11.5. The topological polar surface area (TPSA) is 83.0 Å². The first-order chi connectivity index (χ1) is 8.47. The SMILES string of the molecule is CC(C)C(Sc1cc(=O)[nH]c(C2CC2)n1)C(=O)O. The molecule has 0 amide bonds. The van der Waals surface area contributed by atoms with Crippen molar-refractivity contribution in [2.24, 2.45) is 5.92 Å². The Bertz CT molecular complexity index is 508. The molecule has 1 aliphatic carbocycles. The minimum atomic E-state index is -0.870. The molecule has 0 saturated heterocycles. The van der Waals surface area contributed by atoms with Gasteiger partial charge in [-0.2, -0.15) is 0 Å². The van der Waals surface area contributed by atoms with E-state index in [0.717, 1.165) is 24.6 Å². The van der Waals surface area contributed by atoms with Crippen molar-refractivity contribution >= 4 is 17.7 Å². The minimum absolute atomic E-state index is 0.0158. The van der Waals surface area contributed by atoms with Crippen molar-refractivity contribution in [3.63, 3.8) is 0 Å². The molecule has 0 radical (unpaired) electrons. The lowest BCUT2D eigenvalue weighted by atomic mass is 10.1. The molecule has 0 bridgehead atoms. The van der Waals surface area contributed by atoms with Crippen LogP contribution in [0.4, 0.5) is 0 Å². The molecule has 1 aromatic heterocycles. The van der Waals surface area contributed by atoms with E-state index in [1.54, 1.807) is 0 Å². The van der Waals surface area contributed by atoms with E-state index in [0.29, 0.717) is 16.8 Å². The number of hydrogen-bond donors (Lipinski definition) is 2. The molecule has 0 aromatic carbocycles. The van der Waals surface area contributed by atoms with Crippen molar-refractivity contribution in [1.29, 1.82) is 0 Å². The maximum absolute atomic E-state index is 11.5. The van der Waals surface area contributed by atoms with Gasteiger partial charge in [0.1, 0.15) is 16.1 Å². The number of carbonyl (C=O) groups is 1. The summed E-state index contributed by atoms with van der Waals surface area (Å²) in [6, 6.07) is 1.37. The van der Waals surface area contributed by atoms with Gasteiger partial charge in [-0.3, -0.25) is 9.59 Å². The Labute approximate surface area is 109 Å². The highest BCUT2D eigenvalue weighted by Gasteiger charge is 2.28. The molecule has 5 nitrogen and oxygen atoms in total. The molecule has 1 unspecified atom stereocenters. The average molecular weight is 268 g/mol. The minimum Gasteiger partial charge on any atom is -0.480 e. The van der Waals surface area contributed by atoms with Gasteiger partial charge < -0.3 is 10.1 Å². The predicted molar refractivity (Wildman–Crippen MR) is 69.0 cm³/mol. The van der Waals surface area contributed by atoms with Gasteiger partial charge in [0.2, 0.25) is 0 Å². The van der Waals surface area contributed by atoms with Gasteiger partial charge in [-0.25, -0.2) is 4.98 Å². The Hall–Kier alpha value is -1.30. The standard InChI is InChI=1S/C12H16N2O3S/c1-6(2)10(12(16)17)18-9-5-8(15)13-11(14-9)7-3-4-7/h5-7,10H,3-4H2,1-2H3,(H,16,17)(H,13,14,15). The number of nitrogens with zero attached hydrogens (tertiary/aromatic N) is 1. The highest BCUT2D eigenvalue weighted by atomic mass is 32.2. The Morgan fingerprint density at radius 1 is 1.56 bits per heavy atom. The number of aromatic nitrogens is 2. The molecule has 2 N–H and O–H groups in total. The fourth-order valence-corrected chi connectivity index (χ4v) is 2.62. The average Bonchev–Trinajstić information content (AvgIpc) is 3.07. The number of aromatic amines is 1. The molecule has 98 valence electrons. The number of rotatable bonds is 5. The lowest BCUT2D eigenvalue weighted by molar-refractivity contribution is -0.137. The Kier molecular flexibility index (Phi) is 3.75. The van der Waals surface area contributed by atoms with Gasteiger partial charge in [-0.05, 0) is 18.8 Å². The fraction of sp³-hybridized carbons (Fsp3) is 0.583. The molecule has 1 fully saturated rings. The number of aliphatic carboxylic acids is 1. The van der Waals surface area contributed by atoms with Crippen molar-refractivity contribution in [2.45, 2.75) is 42.9 Å². The Balaban J connectivity index is 2.22. The van der Waals surface area contributed by atoms with Crippen molar-refractivity contribution in [1.82, 2.24) is 9.97 Å². The Morgan fingerprint density at radius 2 is 2.22 bits per heavy atom. The molecular formula is C12H16N2O3S. The lowest BCUT2D eigenvalue weighted by Crippen LogP contribution is -2.23. The number of carboxylic acids is 1. The summed E-state index contributed by atoms with van der Waals surface area (Å²) in [6.45, 7) is 3.70. The van der Waals surface area contributed by atoms with Crippen LogP contribution in [0.25, 0.3) is 0 Å². The van der Waals surface area contributed by atoms with Crippen LogP contribution in [-0.2, 0) is 4.79 Å². The monoisotopic (exact) mass is 268 g/mol. The van der Waals surface area contributed by atoms with Crippen molar-refractivity contribution in [2.75, 3.05) is 0 Å². The van der Waals surface area contributed by atoms with E-state index >= 15 is 0 Å². The van der Waals surface area contributed by atoms with Crippen molar-refractivity contribution in [3.05, 3.63) is 22.2 Å². The zero-order chi connectivity index (χ0) is 13.3. The predicted octanol–water partition coefficient (Wildman–Crippen LogP) is 1.85. The summed E-state index contributed by atoms with van der Waals surface area (Å²) in [5.41, 5.74) is -0.206. The van der Waals surface area contributed by atoms with Gasteiger partial charge in [0, 0.05) is 12.0 Å². The van der Waals surface area contributed by atoms with Gasteiger partial charge in [0.05, 0.1) is 0 Å². The second kappa shape index (κ2) is 5.14. The molecule has 2 rings (SSSR count). The van der Waals surface area contributed by atoms with Gasteiger partial charge in [0.25, 0.3) is 5.56 Å². The highest BCUT2D eigenvalue weighted by Crippen LogP contribution is 2.38. The van der Waals surface area contributed by atoms with Crippen molar-refractivity contribution in [3.8, 4) is 0 Å². The summed E-state index contributed by atoms with van der Waals surface area (Å²) in [5, 5.41) is 9.05. The smallest absolute Gasteiger partial charge is 0.317 e. The largest absolute Gasteiger partial charge is 0.480 e. The molecule has 1 atom stereocenters. The van der Waals surface area contributed by atoms with Gasteiger partial charge in [0.15, 0.2) is 0 Å². The molecule has 1 saturated carbocycles. The van der Waals surface area contributed by atoms with Crippen LogP contribution >= 0.6 is 11.8 Å². The van der Waals surface area contributed by atoms with E-state index in [4.69, 9.17) is 5.11 Å². The summed E-state index contributed by atoms with van der Waals surface area (Å²) in [5.74, 6) is 0.154. The second-order valence-corrected chi connectivity index (χ2v) is 6.03. The molecule has 1 aromatic rings. The van der Waals surface area contributed by atoms with Crippen LogP contribution < -0.4 is 5.56 Å². The number of H-pyrrole nitrogens is 1. The van der Waals surface area contributed by atoms with Crippen molar-refractivity contribution < 1.29 is 9.90 Å². The van der Waals surface area contributed by atoms with Gasteiger partial charge in [-0.15, -0.1) is 0 Å². The zero-order valence-electron chi connectivity index (χ0n) is 10.3. The quantitative estimate of drug-likeness (QED) is 0.629. The van der Waals surface area contributed by atoms with Gasteiger partial charge >= 0.3 is 5.97 Å². The molecule has 0 aliphatic heterocycles. The third-order valence-electron chi connectivity index (χ3n) is 2.80. The molecule has 18 heavy (non-hydrogen) atoms. The van der Waals surface area contributed by atoms with E-state index in [1.165, 1.54) is 6.07 Å². The van der Waals surface area contributed by atoms with Crippen LogP contribution in [0.5, 0.6) is 0 Å². The lowest BCUT2D eigenvalue weighted by Gasteiger charge is -2.15. The second-order valence-electron chi connectivity index (χ2n) is 4.86. The van der Waals surface area contributed by atoms with E-state index in [-0.39, 0.29) is 11.5 Å². The Morgan fingerprint density at radius 3 is 2.72 bits per heavy atom. The number of thioether (sulfide) groups is 1. The maximum Gasteiger partial charge on any atom is 0.317 e. The highest BCUT2D eigenvalue weighted by molar-refractivity contribution is 8.00. The van der Waals surface area contributed by atoms with E-state index in [1.807, 2.05) is 13.8 Å². The zero-order valence-corrected chi connectivity index (χ0v) is 11.2. The normalized spacial score (nSPS) is 16.8.